The molecule has 4 nitrogen and oxygen atoms in total. The summed E-state index contributed by atoms with van der Waals surface area (Å²) in [5, 5.41) is 3.40. The average molecular weight is 406 g/mol. The van der Waals surface area contributed by atoms with Gasteiger partial charge in [-0.3, -0.25) is 4.79 Å². The maximum Gasteiger partial charge on any atom is 0.341 e. The van der Waals surface area contributed by atoms with Crippen LogP contribution in [0.15, 0.2) is 34.8 Å². The van der Waals surface area contributed by atoms with Gasteiger partial charge in [0, 0.05) is 4.88 Å². The fraction of sp³-hybridized carbons (Fsp3) is 0.222. The summed E-state index contributed by atoms with van der Waals surface area (Å²) in [4.78, 5) is 25.7. The van der Waals surface area contributed by atoms with Gasteiger partial charge < -0.3 is 10.1 Å². The highest BCUT2D eigenvalue weighted by molar-refractivity contribution is 9.12. The smallest absolute Gasteiger partial charge is 0.341 e. The van der Waals surface area contributed by atoms with E-state index in [1.165, 1.54) is 18.4 Å². The summed E-state index contributed by atoms with van der Waals surface area (Å²) in [6, 6.07) is 9.55. The lowest BCUT2D eigenvalue weighted by molar-refractivity contribution is -0.112. The second-order valence-corrected chi connectivity index (χ2v) is 7.37. The van der Waals surface area contributed by atoms with Crippen LogP contribution in [0.4, 0.5) is 5.00 Å². The van der Waals surface area contributed by atoms with Gasteiger partial charge in [0.1, 0.15) is 5.00 Å². The molecule has 0 unspecified atom stereocenters. The van der Waals surface area contributed by atoms with Crippen LogP contribution in [0.3, 0.4) is 0 Å². The van der Waals surface area contributed by atoms with Crippen molar-refractivity contribution in [1.82, 2.24) is 0 Å². The molecule has 3 rings (SSSR count). The lowest BCUT2D eigenvalue weighted by Crippen LogP contribution is -2.14. The summed E-state index contributed by atoms with van der Waals surface area (Å²) in [5.41, 5.74) is 2.44. The number of amides is 1. The zero-order chi connectivity index (χ0) is 17.1. The van der Waals surface area contributed by atoms with Gasteiger partial charge in [0.2, 0.25) is 0 Å². The molecule has 0 radical (unpaired) electrons. The molecule has 0 saturated carbocycles. The summed E-state index contributed by atoms with van der Waals surface area (Å²) in [6.45, 7) is 0. The summed E-state index contributed by atoms with van der Waals surface area (Å²) in [7, 11) is 1.36. The summed E-state index contributed by atoms with van der Waals surface area (Å²) >= 11 is 4.77. The first kappa shape index (κ1) is 16.9. The Morgan fingerprint density at radius 2 is 2.00 bits per heavy atom. The Bertz CT molecular complexity index is 811. The highest BCUT2D eigenvalue weighted by atomic mass is 79.9. The number of methoxy groups -OCH3 is 1. The number of hydrogen-bond acceptors (Lipinski definition) is 4. The average Bonchev–Trinajstić information content (AvgIpc) is 3.15. The summed E-state index contributed by atoms with van der Waals surface area (Å²) < 4.78 is 5.29. The number of fused-ring (bicyclic) bond motifs is 1. The second kappa shape index (κ2) is 7.32. The van der Waals surface area contributed by atoms with E-state index in [1.54, 1.807) is 6.08 Å². The molecule has 124 valence electrons. The van der Waals surface area contributed by atoms with Crippen molar-refractivity contribution in [3.63, 3.8) is 0 Å². The monoisotopic (exact) mass is 405 g/mol. The maximum atomic E-state index is 12.4. The highest BCUT2D eigenvalue weighted by Gasteiger charge is 2.28. The lowest BCUT2D eigenvalue weighted by atomic mass is 10.1. The third kappa shape index (κ3) is 3.44. The fourth-order valence-corrected chi connectivity index (χ4v) is 4.37. The Morgan fingerprint density at radius 3 is 2.71 bits per heavy atom. The predicted octanol–water partition coefficient (Wildman–Crippen LogP) is 4.40. The first-order chi connectivity index (χ1) is 11.6. The number of carbonyl (C=O) groups excluding carboxylic acids is 2. The quantitative estimate of drug-likeness (QED) is 0.605. The molecular formula is C18H16BrNO3S. The molecule has 2 aromatic rings. The molecule has 0 aliphatic heterocycles. The van der Waals surface area contributed by atoms with Crippen molar-refractivity contribution in [3.05, 3.63) is 56.4 Å². The van der Waals surface area contributed by atoms with Gasteiger partial charge in [0.15, 0.2) is 0 Å². The summed E-state index contributed by atoms with van der Waals surface area (Å²) in [5.74, 6) is -0.684. The van der Waals surface area contributed by atoms with Crippen molar-refractivity contribution >= 4 is 50.2 Å². The van der Waals surface area contributed by atoms with E-state index in [2.05, 4.69) is 21.2 Å². The minimum atomic E-state index is -0.395. The van der Waals surface area contributed by atoms with Gasteiger partial charge in [-0.25, -0.2) is 4.79 Å². The van der Waals surface area contributed by atoms with E-state index in [4.69, 9.17) is 4.74 Å². The SMILES string of the molecule is COC(=O)c1c(NC(=O)C(Br)=Cc2ccccc2)sc2c1CCC2. The van der Waals surface area contributed by atoms with Crippen LogP contribution in [0.25, 0.3) is 6.08 Å². The van der Waals surface area contributed by atoms with E-state index in [-0.39, 0.29) is 5.91 Å². The zero-order valence-electron chi connectivity index (χ0n) is 13.1. The third-order valence-corrected chi connectivity index (χ3v) is 5.64. The van der Waals surface area contributed by atoms with E-state index in [0.29, 0.717) is 15.0 Å². The number of aryl methyl sites for hydroxylation is 1. The van der Waals surface area contributed by atoms with E-state index in [1.807, 2.05) is 30.3 Å². The van der Waals surface area contributed by atoms with Crippen LogP contribution in [0, 0.1) is 0 Å². The number of anilines is 1. The molecule has 0 bridgehead atoms. The Labute approximate surface area is 152 Å². The zero-order valence-corrected chi connectivity index (χ0v) is 15.5. The van der Waals surface area contributed by atoms with E-state index in [9.17, 15) is 9.59 Å². The first-order valence-corrected chi connectivity index (χ1v) is 9.17. The minimum absolute atomic E-state index is 0.288. The van der Waals surface area contributed by atoms with Crippen LogP contribution in [-0.4, -0.2) is 19.0 Å². The molecule has 0 spiro atoms. The van der Waals surface area contributed by atoms with Gasteiger partial charge >= 0.3 is 5.97 Å². The molecule has 1 N–H and O–H groups in total. The molecule has 6 heteroatoms. The van der Waals surface area contributed by atoms with Crippen molar-refractivity contribution in [2.45, 2.75) is 19.3 Å². The Morgan fingerprint density at radius 1 is 1.25 bits per heavy atom. The van der Waals surface area contributed by atoms with Gasteiger partial charge in [-0.1, -0.05) is 30.3 Å². The molecule has 1 aliphatic rings. The van der Waals surface area contributed by atoms with Gasteiger partial charge in [0.25, 0.3) is 5.91 Å². The Kier molecular flexibility index (Phi) is 5.16. The Hall–Kier alpha value is -1.92. The largest absolute Gasteiger partial charge is 0.465 e. The number of rotatable bonds is 4. The van der Waals surface area contributed by atoms with Crippen LogP contribution in [0.2, 0.25) is 0 Å². The number of benzene rings is 1. The minimum Gasteiger partial charge on any atom is -0.465 e. The van der Waals surface area contributed by atoms with Gasteiger partial charge in [0.05, 0.1) is 17.2 Å². The maximum absolute atomic E-state index is 12.4. The molecule has 0 saturated heterocycles. The molecule has 1 amide bonds. The van der Waals surface area contributed by atoms with E-state index in [0.717, 1.165) is 35.3 Å². The number of esters is 1. The number of hydrogen-bond donors (Lipinski definition) is 1. The first-order valence-electron chi connectivity index (χ1n) is 7.56. The van der Waals surface area contributed by atoms with Crippen LogP contribution in [0.5, 0.6) is 0 Å². The molecule has 1 heterocycles. The van der Waals surface area contributed by atoms with Gasteiger partial charge in [-0.15, -0.1) is 11.3 Å². The van der Waals surface area contributed by atoms with Crippen molar-refractivity contribution < 1.29 is 14.3 Å². The van der Waals surface area contributed by atoms with E-state index >= 15 is 0 Å². The number of thiophene rings is 1. The fourth-order valence-electron chi connectivity index (χ4n) is 2.73. The van der Waals surface area contributed by atoms with Crippen molar-refractivity contribution in [2.75, 3.05) is 12.4 Å². The second-order valence-electron chi connectivity index (χ2n) is 5.41. The molecular weight excluding hydrogens is 390 g/mol. The number of carbonyl (C=O) groups is 2. The molecule has 1 aromatic carbocycles. The van der Waals surface area contributed by atoms with Crippen LogP contribution in [0.1, 0.15) is 32.8 Å². The van der Waals surface area contributed by atoms with Crippen molar-refractivity contribution in [1.29, 1.82) is 0 Å². The van der Waals surface area contributed by atoms with Gasteiger partial charge in [-0.2, -0.15) is 0 Å². The molecule has 1 aromatic heterocycles. The topological polar surface area (TPSA) is 55.4 Å². The molecule has 0 atom stereocenters. The molecule has 24 heavy (non-hydrogen) atoms. The number of ether oxygens (including phenoxy) is 1. The predicted molar refractivity (Wildman–Crippen MR) is 99.7 cm³/mol. The summed E-state index contributed by atoms with van der Waals surface area (Å²) in [6.07, 6.45) is 4.58. The van der Waals surface area contributed by atoms with Crippen LogP contribution in [-0.2, 0) is 22.4 Å². The van der Waals surface area contributed by atoms with E-state index < -0.39 is 5.97 Å². The molecule has 1 aliphatic carbocycles. The van der Waals surface area contributed by atoms with Crippen molar-refractivity contribution in [2.24, 2.45) is 0 Å². The normalized spacial score (nSPS) is 13.5. The Balaban J connectivity index is 1.85. The number of nitrogens with one attached hydrogen (secondary N) is 1. The van der Waals surface area contributed by atoms with Crippen LogP contribution >= 0.6 is 27.3 Å². The highest BCUT2D eigenvalue weighted by Crippen LogP contribution is 2.39. The third-order valence-electron chi connectivity index (χ3n) is 3.85. The van der Waals surface area contributed by atoms with Crippen molar-refractivity contribution in [3.8, 4) is 0 Å². The molecule has 0 fully saturated rings. The van der Waals surface area contributed by atoms with Crippen LogP contribution < -0.4 is 5.32 Å². The van der Waals surface area contributed by atoms with Gasteiger partial charge in [-0.05, 0) is 52.4 Å². The lowest BCUT2D eigenvalue weighted by Gasteiger charge is -2.06. The standard InChI is InChI=1S/C18H16BrNO3S/c1-23-18(22)15-12-8-5-9-14(12)24-17(15)20-16(21)13(19)10-11-6-3-2-4-7-11/h2-4,6-7,10H,5,8-9H2,1H3,(H,20,21). The number of halogens is 1.